The Labute approximate surface area is 218 Å². The number of fused-ring (bicyclic) bond motifs is 1. The molecule has 1 aliphatic heterocycles. The molecule has 2 aliphatic rings. The summed E-state index contributed by atoms with van der Waals surface area (Å²) in [5.41, 5.74) is 1.38. The molecule has 1 unspecified atom stereocenters. The van der Waals surface area contributed by atoms with Gasteiger partial charge in [0, 0.05) is 32.2 Å². The molecule has 0 spiro atoms. The predicted molar refractivity (Wildman–Crippen MR) is 145 cm³/mol. The summed E-state index contributed by atoms with van der Waals surface area (Å²) in [5, 5.41) is 3.83. The molecule has 1 N–H and O–H groups in total. The van der Waals surface area contributed by atoms with E-state index in [1.165, 1.54) is 19.3 Å². The summed E-state index contributed by atoms with van der Waals surface area (Å²) >= 11 is 0. The van der Waals surface area contributed by atoms with Gasteiger partial charge in [-0.1, -0.05) is 31.4 Å². The molecular weight excluding hydrogens is 466 g/mol. The summed E-state index contributed by atoms with van der Waals surface area (Å²) < 4.78 is 7.33. The third-order valence-electron chi connectivity index (χ3n) is 7.66. The van der Waals surface area contributed by atoms with Crippen molar-refractivity contribution in [2.45, 2.75) is 58.0 Å². The van der Waals surface area contributed by atoms with E-state index in [0.717, 1.165) is 37.4 Å². The normalized spacial score (nSPS) is 18.1. The van der Waals surface area contributed by atoms with Crippen LogP contribution in [-0.4, -0.2) is 64.2 Å². The lowest BCUT2D eigenvalue weighted by Crippen LogP contribution is -2.54. The highest BCUT2D eigenvalue weighted by Gasteiger charge is 2.29. The van der Waals surface area contributed by atoms with Crippen LogP contribution in [0.2, 0.25) is 0 Å². The van der Waals surface area contributed by atoms with Crippen molar-refractivity contribution in [3.63, 3.8) is 0 Å². The van der Waals surface area contributed by atoms with E-state index in [1.54, 1.807) is 4.57 Å². The number of rotatable bonds is 6. The zero-order valence-electron chi connectivity index (χ0n) is 21.9. The molecule has 2 heterocycles. The lowest BCUT2D eigenvalue weighted by molar-refractivity contribution is 0.108. The van der Waals surface area contributed by atoms with Crippen LogP contribution in [0.1, 0.15) is 57.8 Å². The van der Waals surface area contributed by atoms with Gasteiger partial charge in [0.15, 0.2) is 0 Å². The molecule has 37 heavy (non-hydrogen) atoms. The van der Waals surface area contributed by atoms with Gasteiger partial charge in [-0.25, -0.2) is 9.78 Å². The first-order valence-corrected chi connectivity index (χ1v) is 13.6. The number of carbonyl (C=O) groups is 1. The second kappa shape index (κ2) is 11.3. The van der Waals surface area contributed by atoms with Crippen LogP contribution in [0.5, 0.6) is 5.75 Å². The largest absolute Gasteiger partial charge is 0.494 e. The predicted octanol–water partition coefficient (Wildman–Crippen LogP) is 4.51. The number of ether oxygens (including phenoxy) is 1. The van der Waals surface area contributed by atoms with Crippen LogP contribution >= 0.6 is 0 Å². The highest BCUT2D eigenvalue weighted by Crippen LogP contribution is 2.25. The van der Waals surface area contributed by atoms with Crippen LogP contribution in [-0.2, 0) is 0 Å². The van der Waals surface area contributed by atoms with Crippen LogP contribution in [0.3, 0.4) is 0 Å². The Balaban J connectivity index is 1.37. The number of amides is 2. The number of urea groups is 1. The summed E-state index contributed by atoms with van der Waals surface area (Å²) in [6.45, 7) is 7.40. The van der Waals surface area contributed by atoms with Gasteiger partial charge < -0.3 is 15.0 Å². The van der Waals surface area contributed by atoms with E-state index in [4.69, 9.17) is 9.72 Å². The minimum absolute atomic E-state index is 0.0503. The number of hydrogen-bond acceptors (Lipinski definition) is 5. The molecule has 1 saturated carbocycles. The smallest absolute Gasteiger partial charge is 0.317 e. The highest BCUT2D eigenvalue weighted by atomic mass is 16.5. The molecule has 3 aromatic rings. The van der Waals surface area contributed by atoms with Crippen molar-refractivity contribution in [2.75, 3.05) is 32.8 Å². The van der Waals surface area contributed by atoms with E-state index in [2.05, 4.69) is 17.1 Å². The SMILES string of the molecule is CCOc1ccc(-n2c(C(C)N3CCN(C(=O)NC4CCCCC4)CC3)nc3ccccc3c2=O)cc1. The summed E-state index contributed by atoms with van der Waals surface area (Å²) in [7, 11) is 0. The molecule has 1 atom stereocenters. The Morgan fingerprint density at radius 2 is 1.73 bits per heavy atom. The van der Waals surface area contributed by atoms with Crippen LogP contribution in [0, 0.1) is 0 Å². The topological polar surface area (TPSA) is 79.7 Å². The first kappa shape index (κ1) is 25.3. The second-order valence-electron chi connectivity index (χ2n) is 10.0. The summed E-state index contributed by atoms with van der Waals surface area (Å²) in [6, 6.07) is 15.3. The highest BCUT2D eigenvalue weighted by molar-refractivity contribution is 5.78. The van der Waals surface area contributed by atoms with E-state index in [1.807, 2.05) is 60.4 Å². The lowest BCUT2D eigenvalue weighted by atomic mass is 9.96. The molecule has 2 amide bonds. The van der Waals surface area contributed by atoms with Gasteiger partial charge in [0.25, 0.3) is 5.56 Å². The summed E-state index contributed by atoms with van der Waals surface area (Å²) in [6.07, 6.45) is 5.84. The maximum atomic E-state index is 13.7. The van der Waals surface area contributed by atoms with Crippen molar-refractivity contribution in [3.05, 3.63) is 64.7 Å². The Kier molecular flexibility index (Phi) is 7.74. The molecule has 2 aromatic carbocycles. The van der Waals surface area contributed by atoms with E-state index >= 15 is 0 Å². The maximum Gasteiger partial charge on any atom is 0.317 e. The number of piperazine rings is 1. The average Bonchev–Trinajstić information content (AvgIpc) is 2.94. The molecule has 0 radical (unpaired) electrons. The Hall–Kier alpha value is -3.39. The van der Waals surface area contributed by atoms with Crippen molar-refractivity contribution in [3.8, 4) is 11.4 Å². The molecule has 8 nitrogen and oxygen atoms in total. The maximum absolute atomic E-state index is 13.7. The van der Waals surface area contributed by atoms with Crippen LogP contribution in [0.4, 0.5) is 4.79 Å². The number of benzene rings is 2. The molecular formula is C29H37N5O3. The minimum Gasteiger partial charge on any atom is -0.494 e. The lowest BCUT2D eigenvalue weighted by Gasteiger charge is -2.39. The zero-order valence-corrected chi connectivity index (χ0v) is 21.9. The standard InChI is InChI=1S/C29H37N5O3/c1-3-37-24-15-13-23(14-16-24)34-27(31-26-12-8-7-11-25(26)28(34)35)21(2)32-17-19-33(20-18-32)29(36)30-22-9-5-4-6-10-22/h7-8,11-16,21-22H,3-6,9-10,17-20H2,1-2H3,(H,30,36). The molecule has 2 fully saturated rings. The molecule has 8 heteroatoms. The third-order valence-corrected chi connectivity index (χ3v) is 7.66. The van der Waals surface area contributed by atoms with E-state index < -0.39 is 0 Å². The number of aromatic nitrogens is 2. The number of nitrogens with zero attached hydrogens (tertiary/aromatic N) is 4. The Morgan fingerprint density at radius 3 is 2.43 bits per heavy atom. The van der Waals surface area contributed by atoms with E-state index in [-0.39, 0.29) is 17.6 Å². The fourth-order valence-corrected chi connectivity index (χ4v) is 5.53. The number of para-hydroxylation sites is 1. The summed E-state index contributed by atoms with van der Waals surface area (Å²) in [5.74, 6) is 1.47. The zero-order chi connectivity index (χ0) is 25.8. The molecule has 196 valence electrons. The van der Waals surface area contributed by atoms with Gasteiger partial charge in [-0.2, -0.15) is 0 Å². The van der Waals surface area contributed by atoms with Gasteiger partial charge in [0.05, 0.1) is 29.2 Å². The van der Waals surface area contributed by atoms with Crippen molar-refractivity contribution < 1.29 is 9.53 Å². The van der Waals surface area contributed by atoms with Gasteiger partial charge in [-0.05, 0) is 63.1 Å². The van der Waals surface area contributed by atoms with Gasteiger partial charge in [-0.3, -0.25) is 14.3 Å². The van der Waals surface area contributed by atoms with Gasteiger partial charge in [0.2, 0.25) is 0 Å². The summed E-state index contributed by atoms with van der Waals surface area (Å²) in [4.78, 5) is 35.7. The number of hydrogen-bond donors (Lipinski definition) is 1. The quantitative estimate of drug-likeness (QED) is 0.536. The molecule has 5 rings (SSSR count). The van der Waals surface area contributed by atoms with Crippen molar-refractivity contribution in [1.82, 2.24) is 24.7 Å². The van der Waals surface area contributed by atoms with Gasteiger partial charge >= 0.3 is 6.03 Å². The molecule has 1 saturated heterocycles. The molecule has 0 bridgehead atoms. The Morgan fingerprint density at radius 1 is 1.03 bits per heavy atom. The van der Waals surface area contributed by atoms with Crippen LogP contribution in [0.15, 0.2) is 53.3 Å². The minimum atomic E-state index is -0.104. The van der Waals surface area contributed by atoms with Crippen molar-refractivity contribution in [1.29, 1.82) is 0 Å². The average molecular weight is 504 g/mol. The number of nitrogens with one attached hydrogen (secondary N) is 1. The fourth-order valence-electron chi connectivity index (χ4n) is 5.53. The molecule has 1 aromatic heterocycles. The Bertz CT molecular complexity index is 1270. The van der Waals surface area contributed by atoms with Gasteiger partial charge in [-0.15, -0.1) is 0 Å². The molecule has 1 aliphatic carbocycles. The van der Waals surface area contributed by atoms with Crippen LogP contribution in [0.25, 0.3) is 16.6 Å². The second-order valence-corrected chi connectivity index (χ2v) is 10.0. The van der Waals surface area contributed by atoms with Crippen molar-refractivity contribution in [2.24, 2.45) is 0 Å². The number of carbonyl (C=O) groups excluding carboxylic acids is 1. The van der Waals surface area contributed by atoms with E-state index in [0.29, 0.717) is 42.5 Å². The first-order chi connectivity index (χ1) is 18.0. The van der Waals surface area contributed by atoms with Crippen molar-refractivity contribution >= 4 is 16.9 Å². The van der Waals surface area contributed by atoms with Crippen LogP contribution < -0.4 is 15.6 Å². The monoisotopic (exact) mass is 503 g/mol. The fraction of sp³-hybridized carbons (Fsp3) is 0.483. The first-order valence-electron chi connectivity index (χ1n) is 13.6. The van der Waals surface area contributed by atoms with E-state index in [9.17, 15) is 9.59 Å². The van der Waals surface area contributed by atoms with Gasteiger partial charge in [0.1, 0.15) is 11.6 Å². The third kappa shape index (κ3) is 5.49.